The molecule has 2 aliphatic carbocycles. The van der Waals surface area contributed by atoms with Gasteiger partial charge in [-0.05, 0) is 56.6 Å². The Hall–Kier alpha value is -2.57. The fourth-order valence-corrected chi connectivity index (χ4v) is 7.25. The molecule has 2 fully saturated rings. The molecule has 0 spiro atoms. The number of likely N-dealkylation sites (tertiary alicyclic amines) is 1. The molecule has 8 rings (SSSR count). The van der Waals surface area contributed by atoms with Crippen molar-refractivity contribution in [2.24, 2.45) is 0 Å². The summed E-state index contributed by atoms with van der Waals surface area (Å²) in [5.41, 5.74) is 5.86. The monoisotopic (exact) mass is 618 g/mol. The van der Waals surface area contributed by atoms with Crippen LogP contribution in [-0.4, -0.2) is 42.6 Å². The van der Waals surface area contributed by atoms with E-state index in [0.29, 0.717) is 22.4 Å². The summed E-state index contributed by atoms with van der Waals surface area (Å²) in [5.74, 6) is 0.823. The molecule has 6 heteroatoms. The first kappa shape index (κ1) is 28.9. The molecule has 4 nitrogen and oxygen atoms in total. The molecule has 0 saturated carbocycles. The molecule has 4 aliphatic rings. The molecule has 2 atom stereocenters. The van der Waals surface area contributed by atoms with Gasteiger partial charge in [0.1, 0.15) is 11.6 Å². The summed E-state index contributed by atoms with van der Waals surface area (Å²) in [6.45, 7) is 3.62. The highest BCUT2D eigenvalue weighted by molar-refractivity contribution is 9.09. The van der Waals surface area contributed by atoms with Crippen molar-refractivity contribution in [2.75, 3.05) is 26.2 Å². The first-order valence-electron chi connectivity index (χ1n) is 14.2. The number of nitrogens with one attached hydrogen (secondary N) is 1. The van der Waals surface area contributed by atoms with Crippen LogP contribution in [0, 0.1) is 0 Å². The topological polar surface area (TPSA) is 49.4 Å². The summed E-state index contributed by atoms with van der Waals surface area (Å²) in [6, 6.07) is 26.8. The average molecular weight is 620 g/mol. The second-order valence-electron chi connectivity index (χ2n) is 11.0. The smallest absolute Gasteiger partial charge is 0.135 e. The second-order valence-corrected chi connectivity index (χ2v) is 12.1. The van der Waals surface area contributed by atoms with Crippen LogP contribution in [0.1, 0.15) is 58.8 Å². The van der Waals surface area contributed by atoms with Crippen molar-refractivity contribution in [3.05, 3.63) is 95.1 Å². The van der Waals surface area contributed by atoms with Crippen LogP contribution in [0.3, 0.4) is 0 Å². The van der Waals surface area contributed by atoms with E-state index in [0.717, 1.165) is 64.7 Å². The average Bonchev–Trinajstić information content (AvgIpc) is 3.51. The number of rotatable bonds is 1. The Balaban J connectivity index is 0.000000133. The maximum atomic E-state index is 11.4. The van der Waals surface area contributed by atoms with Gasteiger partial charge >= 0.3 is 0 Å². The number of halogens is 2. The van der Waals surface area contributed by atoms with Crippen LogP contribution < -0.4 is 5.32 Å². The minimum absolute atomic E-state index is 0. The van der Waals surface area contributed by atoms with E-state index in [4.69, 9.17) is 0 Å². The number of carbonyl (C=O) groups excluding carboxylic acids is 2. The van der Waals surface area contributed by atoms with Crippen molar-refractivity contribution in [3.8, 4) is 0 Å². The SMILES string of the molecule is BrC1Cc2cccc3cccc1c23.Cl.O=C1CCN(C2Cc3cccc4cccc2c34)CC1.O=C1CCNCC1. The Morgan fingerprint density at radius 3 is 1.73 bits per heavy atom. The molecule has 2 saturated heterocycles. The molecule has 0 amide bonds. The van der Waals surface area contributed by atoms with Gasteiger partial charge in [0.05, 0.1) is 0 Å². The second kappa shape index (κ2) is 12.9. The summed E-state index contributed by atoms with van der Waals surface area (Å²) < 4.78 is 0. The molecule has 2 heterocycles. The number of benzene rings is 4. The van der Waals surface area contributed by atoms with E-state index in [1.807, 2.05) is 0 Å². The van der Waals surface area contributed by atoms with E-state index < -0.39 is 0 Å². The largest absolute Gasteiger partial charge is 0.316 e. The number of carbonyl (C=O) groups is 2. The Morgan fingerprint density at radius 1 is 0.650 bits per heavy atom. The van der Waals surface area contributed by atoms with Gasteiger partial charge in [0.25, 0.3) is 0 Å². The summed E-state index contributed by atoms with van der Waals surface area (Å²) >= 11 is 3.71. The summed E-state index contributed by atoms with van der Waals surface area (Å²) in [4.78, 5) is 24.8. The molecular weight excluding hydrogens is 584 g/mol. The molecule has 208 valence electrons. The van der Waals surface area contributed by atoms with Crippen LogP contribution in [-0.2, 0) is 22.4 Å². The molecular formula is C34H36BrClN2O2. The van der Waals surface area contributed by atoms with Crippen molar-refractivity contribution in [1.29, 1.82) is 0 Å². The van der Waals surface area contributed by atoms with Crippen molar-refractivity contribution in [1.82, 2.24) is 10.2 Å². The number of piperidine rings is 2. The Kier molecular flexibility index (Phi) is 9.37. The molecule has 0 bridgehead atoms. The lowest BCUT2D eigenvalue weighted by molar-refractivity contribution is -0.122. The highest BCUT2D eigenvalue weighted by Gasteiger charge is 2.31. The van der Waals surface area contributed by atoms with Gasteiger partial charge in [0, 0.05) is 62.7 Å². The zero-order valence-corrected chi connectivity index (χ0v) is 25.1. The zero-order chi connectivity index (χ0) is 26.8. The lowest BCUT2D eigenvalue weighted by Gasteiger charge is -2.32. The van der Waals surface area contributed by atoms with Gasteiger partial charge in [-0.2, -0.15) is 0 Å². The number of hydrogen-bond donors (Lipinski definition) is 1. The van der Waals surface area contributed by atoms with Crippen molar-refractivity contribution >= 4 is 61.4 Å². The number of hydrogen-bond acceptors (Lipinski definition) is 4. The molecule has 40 heavy (non-hydrogen) atoms. The summed E-state index contributed by atoms with van der Waals surface area (Å²) in [7, 11) is 0. The lowest BCUT2D eigenvalue weighted by atomic mass is 10.0. The van der Waals surface area contributed by atoms with E-state index >= 15 is 0 Å². The maximum absolute atomic E-state index is 11.4. The van der Waals surface area contributed by atoms with Crippen LogP contribution in [0.4, 0.5) is 0 Å². The normalized spacial score (nSPS) is 21.3. The van der Waals surface area contributed by atoms with Crippen LogP contribution in [0.25, 0.3) is 21.5 Å². The van der Waals surface area contributed by atoms with Gasteiger partial charge < -0.3 is 5.32 Å². The first-order chi connectivity index (χ1) is 19.1. The van der Waals surface area contributed by atoms with Crippen LogP contribution in [0.5, 0.6) is 0 Å². The third-order valence-electron chi connectivity index (χ3n) is 8.51. The molecule has 2 aliphatic heterocycles. The highest BCUT2D eigenvalue weighted by atomic mass is 79.9. The predicted molar refractivity (Wildman–Crippen MR) is 170 cm³/mol. The molecule has 2 unspecified atom stereocenters. The van der Waals surface area contributed by atoms with E-state index in [9.17, 15) is 9.59 Å². The van der Waals surface area contributed by atoms with Gasteiger partial charge in [0.2, 0.25) is 0 Å². The molecule has 0 aromatic heterocycles. The Labute approximate surface area is 251 Å². The summed E-state index contributed by atoms with van der Waals surface area (Å²) in [6.07, 6.45) is 5.16. The van der Waals surface area contributed by atoms with E-state index in [1.165, 1.54) is 43.8 Å². The van der Waals surface area contributed by atoms with Gasteiger partial charge in [-0.3, -0.25) is 14.5 Å². The number of ketones is 2. The van der Waals surface area contributed by atoms with Gasteiger partial charge in [-0.15, -0.1) is 12.4 Å². The van der Waals surface area contributed by atoms with Crippen LogP contribution in [0.15, 0.2) is 72.8 Å². The third kappa shape index (κ3) is 6.03. The zero-order valence-electron chi connectivity index (χ0n) is 22.7. The van der Waals surface area contributed by atoms with E-state index in [-0.39, 0.29) is 12.4 Å². The van der Waals surface area contributed by atoms with Gasteiger partial charge in [-0.1, -0.05) is 88.7 Å². The Bertz CT molecular complexity index is 1510. The van der Waals surface area contributed by atoms with Crippen molar-refractivity contribution in [2.45, 2.75) is 49.4 Å². The third-order valence-corrected chi connectivity index (χ3v) is 9.33. The van der Waals surface area contributed by atoms with Crippen molar-refractivity contribution in [3.63, 3.8) is 0 Å². The van der Waals surface area contributed by atoms with Crippen LogP contribution >= 0.6 is 28.3 Å². The number of nitrogens with zero attached hydrogens (tertiary/aromatic N) is 1. The predicted octanol–water partition coefficient (Wildman–Crippen LogP) is 7.29. The van der Waals surface area contributed by atoms with Gasteiger partial charge in [-0.25, -0.2) is 0 Å². The number of alkyl halides is 1. The molecule has 4 aromatic rings. The maximum Gasteiger partial charge on any atom is 0.135 e. The molecule has 1 N–H and O–H groups in total. The van der Waals surface area contributed by atoms with Crippen LogP contribution in [0.2, 0.25) is 0 Å². The first-order valence-corrected chi connectivity index (χ1v) is 15.1. The Morgan fingerprint density at radius 2 is 1.15 bits per heavy atom. The lowest BCUT2D eigenvalue weighted by Crippen LogP contribution is -2.36. The summed E-state index contributed by atoms with van der Waals surface area (Å²) in [5, 5.41) is 8.73. The van der Waals surface area contributed by atoms with E-state index in [2.05, 4.69) is 98.9 Å². The number of Topliss-reactive ketones (excluding diaryl/α,β-unsaturated/α-hetero) is 2. The van der Waals surface area contributed by atoms with Crippen molar-refractivity contribution < 1.29 is 9.59 Å². The van der Waals surface area contributed by atoms with Gasteiger partial charge in [0.15, 0.2) is 0 Å². The highest BCUT2D eigenvalue weighted by Crippen LogP contribution is 2.42. The molecule has 0 radical (unpaired) electrons. The fraction of sp³-hybridized carbons (Fsp3) is 0.353. The minimum atomic E-state index is 0. The quantitative estimate of drug-likeness (QED) is 0.227. The fourth-order valence-electron chi connectivity index (χ4n) is 6.52. The molecule has 4 aromatic carbocycles. The standard InChI is InChI=1S/C17H17NO.C12H9Br.C5H9NO.ClH/c19-14-7-9-18(10-8-14)16-11-13-5-1-3-12-4-2-6-15(16)17(12)13;13-11-7-9-5-1-3-8-4-2-6-10(11)12(8)9;7-5-1-3-6-4-2-5;/h1-6,16H,7-11H2;1-6,11H,7H2;6H,1-4H2;1H. The minimum Gasteiger partial charge on any atom is -0.316 e. The van der Waals surface area contributed by atoms with E-state index in [1.54, 1.807) is 0 Å².